The van der Waals surface area contributed by atoms with Crippen LogP contribution in [0.1, 0.15) is 24.5 Å². The summed E-state index contributed by atoms with van der Waals surface area (Å²) in [6.07, 6.45) is 2.89. The van der Waals surface area contributed by atoms with Gasteiger partial charge in [-0.2, -0.15) is 0 Å². The number of hydrogen-bond donors (Lipinski definition) is 1. The highest BCUT2D eigenvalue weighted by atomic mass is 32.3. The van der Waals surface area contributed by atoms with E-state index in [0.29, 0.717) is 34.1 Å². The summed E-state index contributed by atoms with van der Waals surface area (Å²) < 4.78 is 39.2. The summed E-state index contributed by atoms with van der Waals surface area (Å²) in [6, 6.07) is 5.01. The quantitative estimate of drug-likeness (QED) is 0.655. The molecule has 0 amide bonds. The van der Waals surface area contributed by atoms with Gasteiger partial charge in [-0.05, 0) is 49.4 Å². The molecule has 4 aliphatic rings. The van der Waals surface area contributed by atoms with Crippen LogP contribution in [0.15, 0.2) is 30.9 Å². The van der Waals surface area contributed by atoms with Crippen molar-refractivity contribution >= 4 is 21.3 Å². The van der Waals surface area contributed by atoms with E-state index in [4.69, 9.17) is 13.1 Å². The molecule has 3 fully saturated rings. The second-order valence-electron chi connectivity index (χ2n) is 7.81. The van der Waals surface area contributed by atoms with Crippen molar-refractivity contribution in [2.75, 3.05) is 20.2 Å². The summed E-state index contributed by atoms with van der Waals surface area (Å²) in [4.78, 5) is 6.52. The van der Waals surface area contributed by atoms with Crippen LogP contribution in [0.3, 0.4) is 0 Å². The van der Waals surface area contributed by atoms with E-state index >= 15 is 0 Å². The van der Waals surface area contributed by atoms with Crippen molar-refractivity contribution in [1.82, 2.24) is 9.88 Å². The average molecular weight is 455 g/mol. The Kier molecular flexibility index (Phi) is 6.18. The maximum absolute atomic E-state index is 11.9. The number of aromatic nitrogens is 1. The van der Waals surface area contributed by atoms with Crippen LogP contribution in [-0.4, -0.2) is 60.6 Å². The molecular formula is C20H26N2O8S. The van der Waals surface area contributed by atoms with Gasteiger partial charge in [0.1, 0.15) is 5.75 Å². The number of fused-ring (bicyclic) bond motifs is 5. The van der Waals surface area contributed by atoms with Gasteiger partial charge in [0.05, 0.1) is 18.7 Å². The minimum atomic E-state index is -4.24. The molecule has 2 bridgehead atoms. The van der Waals surface area contributed by atoms with Crippen LogP contribution < -0.4 is 13.1 Å². The number of hydrogen-bond acceptors (Lipinski definition) is 8. The minimum absolute atomic E-state index is 0. The van der Waals surface area contributed by atoms with Gasteiger partial charge in [-0.3, -0.25) is 4.90 Å². The van der Waals surface area contributed by atoms with E-state index in [-0.39, 0.29) is 28.6 Å². The number of aliphatic hydroxyl groups is 1. The maximum Gasteiger partial charge on any atom is 0.502 e. The van der Waals surface area contributed by atoms with Crippen LogP contribution in [0.5, 0.6) is 17.4 Å². The normalized spacial score (nSPS) is 28.3. The summed E-state index contributed by atoms with van der Waals surface area (Å²) in [7, 11) is -2.70. The van der Waals surface area contributed by atoms with Crippen molar-refractivity contribution in [3.63, 3.8) is 0 Å². The van der Waals surface area contributed by atoms with Crippen molar-refractivity contribution in [2.45, 2.75) is 25.0 Å². The van der Waals surface area contributed by atoms with Gasteiger partial charge < -0.3 is 29.2 Å². The Labute approximate surface area is 180 Å². The molecule has 1 aromatic heterocycles. The average Bonchev–Trinajstić information content (AvgIpc) is 3.04. The standard InChI is InChI=1S/C20H22N2O6S.2H2O/c1-3-11-10-22-7-6-12(11)8-16(22)18(23)17-14-9-13(26-2)4-5-15(14)21-20-19(17)27-29(24,25)28-20;;/h3-5,9,11-12,16,18,23H,1,6-8,10H2,2H3;2*1H2/t11-,12?,16-,18-;;/m0../s1. The number of aliphatic hydroxyl groups excluding tert-OH is 1. The largest absolute Gasteiger partial charge is 0.502 e. The first-order valence-corrected chi connectivity index (χ1v) is 10.9. The fraction of sp³-hybridized carbons (Fsp3) is 0.450. The van der Waals surface area contributed by atoms with Gasteiger partial charge in [0, 0.05) is 23.5 Å². The molecule has 0 saturated carbocycles. The van der Waals surface area contributed by atoms with Crippen LogP contribution in [-0.2, 0) is 10.4 Å². The van der Waals surface area contributed by atoms with Crippen molar-refractivity contribution in [3.8, 4) is 17.4 Å². The second-order valence-corrected chi connectivity index (χ2v) is 8.96. The molecule has 31 heavy (non-hydrogen) atoms. The van der Waals surface area contributed by atoms with Crippen LogP contribution >= 0.6 is 0 Å². The third-order valence-electron chi connectivity index (χ3n) is 6.34. The van der Waals surface area contributed by atoms with Gasteiger partial charge in [-0.25, -0.2) is 4.98 Å². The molecule has 4 aliphatic heterocycles. The lowest BCUT2D eigenvalue weighted by Crippen LogP contribution is -2.54. The van der Waals surface area contributed by atoms with Gasteiger partial charge in [0.2, 0.25) is 5.75 Å². The van der Waals surface area contributed by atoms with Crippen molar-refractivity contribution in [1.29, 1.82) is 0 Å². The molecule has 0 aliphatic carbocycles. The topological polar surface area (TPSA) is 161 Å². The lowest BCUT2D eigenvalue weighted by Gasteiger charge is -2.50. The molecule has 5 atom stereocenters. The molecule has 0 spiro atoms. The molecule has 0 radical (unpaired) electrons. The van der Waals surface area contributed by atoms with Crippen molar-refractivity contribution in [3.05, 3.63) is 36.4 Å². The molecule has 11 heteroatoms. The summed E-state index contributed by atoms with van der Waals surface area (Å²) in [5.41, 5.74) is 0.872. The third-order valence-corrected chi connectivity index (χ3v) is 7.07. The predicted octanol–water partition coefficient (Wildman–Crippen LogP) is 0.540. The van der Waals surface area contributed by atoms with Crippen LogP contribution in [0, 0.1) is 11.8 Å². The highest BCUT2D eigenvalue weighted by molar-refractivity contribution is 7.82. The van der Waals surface area contributed by atoms with Gasteiger partial charge in [0.15, 0.2) is 0 Å². The number of ether oxygens (including phenoxy) is 1. The monoisotopic (exact) mass is 454 g/mol. The second kappa shape index (κ2) is 8.24. The number of pyridine rings is 1. The van der Waals surface area contributed by atoms with Gasteiger partial charge in [-0.1, -0.05) is 6.08 Å². The van der Waals surface area contributed by atoms with E-state index in [0.717, 1.165) is 25.9 Å². The van der Waals surface area contributed by atoms with Gasteiger partial charge in [0.25, 0.3) is 5.88 Å². The smallest absolute Gasteiger partial charge is 0.497 e. The number of methoxy groups -OCH3 is 1. The highest BCUT2D eigenvalue weighted by Crippen LogP contribution is 2.48. The zero-order chi connectivity index (χ0) is 20.3. The maximum atomic E-state index is 11.9. The molecule has 2 aromatic rings. The fourth-order valence-corrected chi connectivity index (χ4v) is 5.60. The molecule has 3 saturated heterocycles. The number of benzene rings is 1. The number of piperidine rings is 3. The first kappa shape index (κ1) is 23.2. The lowest BCUT2D eigenvalue weighted by molar-refractivity contribution is -0.0448. The number of nitrogens with zero attached hydrogens (tertiary/aromatic N) is 2. The first-order chi connectivity index (χ1) is 13.9. The third kappa shape index (κ3) is 3.72. The van der Waals surface area contributed by atoms with Gasteiger partial charge >= 0.3 is 10.4 Å². The van der Waals surface area contributed by atoms with Crippen LogP contribution in [0.4, 0.5) is 0 Å². The summed E-state index contributed by atoms with van der Waals surface area (Å²) in [5.74, 6) is 1.25. The molecule has 5 heterocycles. The predicted molar refractivity (Wildman–Crippen MR) is 112 cm³/mol. The minimum Gasteiger partial charge on any atom is -0.497 e. The van der Waals surface area contributed by atoms with Crippen LogP contribution in [0.2, 0.25) is 0 Å². The molecule has 170 valence electrons. The zero-order valence-electron chi connectivity index (χ0n) is 16.9. The Hall–Kier alpha value is -2.44. The van der Waals surface area contributed by atoms with E-state index in [1.54, 1.807) is 25.3 Å². The zero-order valence-corrected chi connectivity index (χ0v) is 17.8. The summed E-state index contributed by atoms with van der Waals surface area (Å²) in [5, 5.41) is 12.0. The molecule has 10 nitrogen and oxygen atoms in total. The molecule has 2 unspecified atom stereocenters. The van der Waals surface area contributed by atoms with E-state index in [2.05, 4.69) is 16.5 Å². The SMILES string of the molecule is C=C[C@H]1CN2CCC1C[C@H]2[C@H](O)c1c2c(nc3ccc(OC)cc13)OS(=O)(=O)O2.O.O. The van der Waals surface area contributed by atoms with Crippen LogP contribution in [0.25, 0.3) is 10.9 Å². The Bertz CT molecular complexity index is 1110. The molecule has 5 N–H and O–H groups in total. The molecule has 1 aromatic carbocycles. The van der Waals surface area contributed by atoms with E-state index in [1.165, 1.54) is 0 Å². The Morgan fingerprint density at radius 3 is 2.77 bits per heavy atom. The first-order valence-electron chi connectivity index (χ1n) is 9.60. The van der Waals surface area contributed by atoms with Crippen molar-refractivity contribution in [2.24, 2.45) is 11.8 Å². The number of rotatable bonds is 4. The Morgan fingerprint density at radius 1 is 1.35 bits per heavy atom. The fourth-order valence-electron chi connectivity index (χ4n) is 4.90. The van der Waals surface area contributed by atoms with Gasteiger partial charge in [-0.15, -0.1) is 15.0 Å². The van der Waals surface area contributed by atoms with E-state index < -0.39 is 16.5 Å². The Balaban J connectivity index is 0.00000136. The summed E-state index contributed by atoms with van der Waals surface area (Å²) >= 11 is 0. The van der Waals surface area contributed by atoms with E-state index in [9.17, 15) is 13.5 Å². The molecule has 6 rings (SSSR count). The van der Waals surface area contributed by atoms with E-state index in [1.807, 2.05) is 6.08 Å². The summed E-state index contributed by atoms with van der Waals surface area (Å²) in [6.45, 7) is 5.66. The molecular weight excluding hydrogens is 428 g/mol. The lowest BCUT2D eigenvalue weighted by atomic mass is 9.73. The van der Waals surface area contributed by atoms with Crippen molar-refractivity contribution < 1.29 is 37.6 Å². The highest BCUT2D eigenvalue weighted by Gasteiger charge is 2.45. The Morgan fingerprint density at radius 2 is 2.13 bits per heavy atom.